The van der Waals surface area contributed by atoms with Crippen molar-refractivity contribution in [2.24, 2.45) is 18.2 Å². The van der Waals surface area contributed by atoms with Gasteiger partial charge in [0.2, 0.25) is 0 Å². The SMILES string of the molecule is Cn1ccc(CC2(CN)Cc3ccccc3C2)n1. The zero-order valence-electron chi connectivity index (χ0n) is 10.8. The Morgan fingerprint density at radius 3 is 2.39 bits per heavy atom. The number of rotatable bonds is 3. The Hall–Kier alpha value is -1.61. The molecule has 0 spiro atoms. The normalized spacial score (nSPS) is 16.8. The van der Waals surface area contributed by atoms with Gasteiger partial charge >= 0.3 is 0 Å². The van der Waals surface area contributed by atoms with Gasteiger partial charge < -0.3 is 5.73 Å². The van der Waals surface area contributed by atoms with Crippen molar-refractivity contribution >= 4 is 0 Å². The molecule has 1 aliphatic rings. The van der Waals surface area contributed by atoms with Gasteiger partial charge in [0.05, 0.1) is 5.69 Å². The zero-order chi connectivity index (χ0) is 12.6. The number of aromatic nitrogens is 2. The van der Waals surface area contributed by atoms with Gasteiger partial charge in [0.1, 0.15) is 0 Å². The van der Waals surface area contributed by atoms with Gasteiger partial charge in [-0.15, -0.1) is 0 Å². The van der Waals surface area contributed by atoms with Crippen LogP contribution in [0.4, 0.5) is 0 Å². The molecule has 0 radical (unpaired) electrons. The highest BCUT2D eigenvalue weighted by molar-refractivity contribution is 5.35. The first-order valence-corrected chi connectivity index (χ1v) is 6.46. The van der Waals surface area contributed by atoms with E-state index in [9.17, 15) is 0 Å². The molecule has 2 N–H and O–H groups in total. The summed E-state index contributed by atoms with van der Waals surface area (Å²) in [6.45, 7) is 0.720. The van der Waals surface area contributed by atoms with Crippen LogP contribution < -0.4 is 5.73 Å². The van der Waals surface area contributed by atoms with Crippen molar-refractivity contribution < 1.29 is 0 Å². The summed E-state index contributed by atoms with van der Waals surface area (Å²) >= 11 is 0. The Morgan fingerprint density at radius 2 is 1.89 bits per heavy atom. The van der Waals surface area contributed by atoms with Gasteiger partial charge in [-0.1, -0.05) is 24.3 Å². The molecule has 1 aromatic carbocycles. The lowest BCUT2D eigenvalue weighted by Crippen LogP contribution is -2.33. The molecule has 0 unspecified atom stereocenters. The summed E-state index contributed by atoms with van der Waals surface area (Å²) in [6, 6.07) is 10.8. The van der Waals surface area contributed by atoms with E-state index in [0.29, 0.717) is 0 Å². The predicted molar refractivity (Wildman–Crippen MR) is 72.2 cm³/mol. The van der Waals surface area contributed by atoms with Crippen LogP contribution in [-0.4, -0.2) is 16.3 Å². The highest BCUT2D eigenvalue weighted by Crippen LogP contribution is 2.38. The largest absolute Gasteiger partial charge is 0.330 e. The monoisotopic (exact) mass is 241 g/mol. The molecule has 1 heterocycles. The van der Waals surface area contributed by atoms with E-state index in [0.717, 1.165) is 31.5 Å². The van der Waals surface area contributed by atoms with Crippen molar-refractivity contribution in [3.63, 3.8) is 0 Å². The van der Waals surface area contributed by atoms with Crippen LogP contribution in [0.25, 0.3) is 0 Å². The maximum atomic E-state index is 6.07. The third-order valence-corrected chi connectivity index (χ3v) is 4.01. The van der Waals surface area contributed by atoms with Crippen molar-refractivity contribution in [3.8, 4) is 0 Å². The molecule has 1 aromatic heterocycles. The molecule has 0 aliphatic heterocycles. The highest BCUT2D eigenvalue weighted by atomic mass is 15.2. The van der Waals surface area contributed by atoms with Gasteiger partial charge in [0.15, 0.2) is 0 Å². The van der Waals surface area contributed by atoms with Crippen molar-refractivity contribution in [2.45, 2.75) is 19.3 Å². The van der Waals surface area contributed by atoms with Crippen molar-refractivity contribution in [2.75, 3.05) is 6.54 Å². The summed E-state index contributed by atoms with van der Waals surface area (Å²) in [5.74, 6) is 0. The average Bonchev–Trinajstić information content (AvgIpc) is 2.93. The maximum absolute atomic E-state index is 6.07. The molecular weight excluding hydrogens is 222 g/mol. The number of fused-ring (bicyclic) bond motifs is 1. The minimum atomic E-state index is 0.165. The van der Waals surface area contributed by atoms with Crippen LogP contribution in [-0.2, 0) is 26.3 Å². The van der Waals surface area contributed by atoms with Crippen LogP contribution in [0.15, 0.2) is 36.5 Å². The second kappa shape index (κ2) is 4.25. The summed E-state index contributed by atoms with van der Waals surface area (Å²) in [5, 5.41) is 4.49. The quantitative estimate of drug-likeness (QED) is 0.889. The topological polar surface area (TPSA) is 43.8 Å². The number of hydrogen-bond acceptors (Lipinski definition) is 2. The number of aryl methyl sites for hydroxylation is 1. The fourth-order valence-corrected chi connectivity index (χ4v) is 3.06. The van der Waals surface area contributed by atoms with E-state index in [2.05, 4.69) is 35.4 Å². The molecular formula is C15H19N3. The number of benzene rings is 1. The van der Waals surface area contributed by atoms with E-state index in [-0.39, 0.29) is 5.41 Å². The molecule has 0 atom stereocenters. The highest BCUT2D eigenvalue weighted by Gasteiger charge is 2.36. The summed E-state index contributed by atoms with van der Waals surface area (Å²) in [4.78, 5) is 0. The third kappa shape index (κ3) is 1.95. The number of nitrogens with zero attached hydrogens (tertiary/aromatic N) is 2. The van der Waals surface area contributed by atoms with Crippen LogP contribution in [0.1, 0.15) is 16.8 Å². The molecule has 94 valence electrons. The lowest BCUT2D eigenvalue weighted by molar-refractivity contribution is 0.310. The van der Waals surface area contributed by atoms with Gasteiger partial charge in [-0.25, -0.2) is 0 Å². The molecule has 1 aliphatic carbocycles. The number of nitrogens with two attached hydrogens (primary N) is 1. The molecule has 3 rings (SSSR count). The summed E-state index contributed by atoms with van der Waals surface area (Å²) in [5.41, 5.74) is 10.3. The Labute approximate surface area is 108 Å². The Bertz CT molecular complexity index is 531. The van der Waals surface area contributed by atoms with E-state index >= 15 is 0 Å². The lowest BCUT2D eigenvalue weighted by Gasteiger charge is -2.26. The molecule has 18 heavy (non-hydrogen) atoms. The predicted octanol–water partition coefficient (Wildman–Crippen LogP) is 1.71. The van der Waals surface area contributed by atoms with E-state index in [1.165, 1.54) is 11.1 Å². The van der Waals surface area contributed by atoms with E-state index in [1.54, 1.807) is 0 Å². The molecule has 3 nitrogen and oxygen atoms in total. The minimum Gasteiger partial charge on any atom is -0.330 e. The van der Waals surface area contributed by atoms with E-state index < -0.39 is 0 Å². The molecule has 0 bridgehead atoms. The van der Waals surface area contributed by atoms with Crippen molar-refractivity contribution in [3.05, 3.63) is 53.3 Å². The van der Waals surface area contributed by atoms with Crippen LogP contribution in [0.2, 0.25) is 0 Å². The average molecular weight is 241 g/mol. The van der Waals surface area contributed by atoms with Crippen LogP contribution >= 0.6 is 0 Å². The van der Waals surface area contributed by atoms with Gasteiger partial charge in [-0.2, -0.15) is 5.10 Å². The van der Waals surface area contributed by atoms with Crippen molar-refractivity contribution in [1.82, 2.24) is 9.78 Å². The summed E-state index contributed by atoms with van der Waals surface area (Å²) < 4.78 is 1.86. The minimum absolute atomic E-state index is 0.165. The van der Waals surface area contributed by atoms with Crippen LogP contribution in [0.3, 0.4) is 0 Å². The summed E-state index contributed by atoms with van der Waals surface area (Å²) in [7, 11) is 1.96. The van der Waals surface area contributed by atoms with Crippen LogP contribution in [0.5, 0.6) is 0 Å². The fourth-order valence-electron chi connectivity index (χ4n) is 3.06. The van der Waals surface area contributed by atoms with Crippen molar-refractivity contribution in [1.29, 1.82) is 0 Å². The standard InChI is InChI=1S/C15H19N3/c1-18-7-6-14(17-18)10-15(11-16)8-12-4-2-3-5-13(12)9-15/h2-7H,8-11,16H2,1H3. The zero-order valence-corrected chi connectivity index (χ0v) is 10.8. The number of hydrogen-bond donors (Lipinski definition) is 1. The molecule has 0 amide bonds. The van der Waals surface area contributed by atoms with E-state index in [1.807, 2.05) is 17.9 Å². The van der Waals surface area contributed by atoms with E-state index in [4.69, 9.17) is 5.73 Å². The molecule has 3 heteroatoms. The second-order valence-electron chi connectivity index (χ2n) is 5.48. The first-order chi connectivity index (χ1) is 8.71. The Balaban J connectivity index is 1.86. The molecule has 2 aromatic rings. The molecule has 0 saturated heterocycles. The van der Waals surface area contributed by atoms with Gasteiger partial charge in [-0.3, -0.25) is 4.68 Å². The van der Waals surface area contributed by atoms with Gasteiger partial charge in [0.25, 0.3) is 0 Å². The molecule has 0 saturated carbocycles. The Morgan fingerprint density at radius 1 is 1.22 bits per heavy atom. The maximum Gasteiger partial charge on any atom is 0.0630 e. The van der Waals surface area contributed by atoms with Gasteiger partial charge in [0, 0.05) is 13.2 Å². The van der Waals surface area contributed by atoms with Gasteiger partial charge in [-0.05, 0) is 48.4 Å². The second-order valence-corrected chi connectivity index (χ2v) is 5.48. The smallest absolute Gasteiger partial charge is 0.0630 e. The first kappa shape index (κ1) is 11.5. The van der Waals surface area contributed by atoms with Crippen LogP contribution in [0, 0.1) is 5.41 Å². The third-order valence-electron chi connectivity index (χ3n) is 4.01. The first-order valence-electron chi connectivity index (χ1n) is 6.46. The molecule has 0 fully saturated rings. The lowest BCUT2D eigenvalue weighted by atomic mass is 9.80. The Kier molecular flexibility index (Phi) is 2.71. The summed E-state index contributed by atoms with van der Waals surface area (Å²) in [6.07, 6.45) is 5.13. The fraction of sp³-hybridized carbons (Fsp3) is 0.400.